The van der Waals surface area contributed by atoms with Crippen LogP contribution in [0.1, 0.15) is 73.3 Å². The van der Waals surface area contributed by atoms with Crippen LogP contribution in [-0.2, 0) is 0 Å². The average molecular weight is 755 g/mol. The number of ketones is 2. The number of nitro benzene ring substituents is 2. The lowest BCUT2D eigenvalue weighted by molar-refractivity contribution is -0.385. The molecule has 0 saturated heterocycles. The molecule has 0 saturated carbocycles. The van der Waals surface area contributed by atoms with E-state index in [1.165, 1.54) is 60.7 Å². The average Bonchev–Trinajstić information content (AvgIpc) is 3.19. The number of rotatable bonds is 14. The number of non-ortho nitro benzene ring substituents is 2. The van der Waals surface area contributed by atoms with Crippen LogP contribution in [0.2, 0.25) is 0 Å². The molecule has 5 aromatic rings. The lowest BCUT2D eigenvalue weighted by atomic mass is 10.0. The zero-order valence-electron chi connectivity index (χ0n) is 28.6. The third kappa shape index (κ3) is 9.52. The molecular weight excluding hydrogens is 728 g/mol. The second kappa shape index (κ2) is 17.0. The number of allylic oxidation sites excluding steroid dienone is 2. The second-order valence-corrected chi connectivity index (χ2v) is 11.7. The Hall–Kier alpha value is -8.40. The van der Waals surface area contributed by atoms with E-state index in [0.717, 1.165) is 36.4 Å². The Morgan fingerprint density at radius 1 is 0.482 bits per heavy atom. The van der Waals surface area contributed by atoms with Gasteiger partial charge in [0, 0.05) is 46.8 Å². The summed E-state index contributed by atoms with van der Waals surface area (Å²) in [6.45, 7) is 0. The van der Waals surface area contributed by atoms with Crippen molar-refractivity contribution in [1.82, 2.24) is 0 Å². The maximum atomic E-state index is 12.8. The van der Waals surface area contributed by atoms with E-state index in [9.17, 15) is 59.2 Å². The van der Waals surface area contributed by atoms with Gasteiger partial charge in [-0.2, -0.15) is 0 Å². The highest BCUT2D eigenvalue weighted by atomic mass is 16.6. The Kier molecular flexibility index (Phi) is 11.8. The van der Waals surface area contributed by atoms with Gasteiger partial charge >= 0.3 is 11.9 Å². The van der Waals surface area contributed by atoms with Crippen LogP contribution >= 0.6 is 0 Å². The smallest absolute Gasteiger partial charge is 0.336 e. The van der Waals surface area contributed by atoms with Crippen molar-refractivity contribution in [3.8, 4) is 0 Å². The highest BCUT2D eigenvalue weighted by Gasteiger charge is 2.22. The minimum atomic E-state index is -1.43. The fourth-order valence-corrected chi connectivity index (χ4v) is 5.13. The number of nitrogens with zero attached hydrogens (tertiary/aromatic N) is 2. The molecule has 0 fully saturated rings. The van der Waals surface area contributed by atoms with Gasteiger partial charge in [-0.3, -0.25) is 39.4 Å². The topological polar surface area (TPSA) is 253 Å². The molecule has 5 rings (SSSR count). The van der Waals surface area contributed by atoms with E-state index in [-0.39, 0.29) is 34.1 Å². The molecule has 0 atom stereocenters. The summed E-state index contributed by atoms with van der Waals surface area (Å²) in [5.41, 5.74) is -0.182. The van der Waals surface area contributed by atoms with Gasteiger partial charge < -0.3 is 20.8 Å². The van der Waals surface area contributed by atoms with Crippen molar-refractivity contribution < 1.29 is 48.8 Å². The monoisotopic (exact) mass is 754 g/mol. The lowest BCUT2D eigenvalue weighted by Crippen LogP contribution is -2.17. The van der Waals surface area contributed by atoms with Crippen molar-refractivity contribution in [1.29, 1.82) is 0 Å². The number of carboxylic acid groups (broad SMARTS) is 2. The van der Waals surface area contributed by atoms with Gasteiger partial charge in [0.25, 0.3) is 23.2 Å². The molecule has 0 aliphatic rings. The van der Waals surface area contributed by atoms with Gasteiger partial charge in [0.1, 0.15) is 0 Å². The van der Waals surface area contributed by atoms with E-state index >= 15 is 0 Å². The third-order valence-electron chi connectivity index (χ3n) is 8.02. The number of hydrogen-bond donors (Lipinski definition) is 4. The normalized spacial score (nSPS) is 10.9. The van der Waals surface area contributed by atoms with Crippen molar-refractivity contribution in [3.63, 3.8) is 0 Å². The van der Waals surface area contributed by atoms with E-state index in [1.54, 1.807) is 36.4 Å². The number of anilines is 2. The molecule has 278 valence electrons. The molecule has 0 radical (unpaired) electrons. The van der Waals surface area contributed by atoms with Crippen molar-refractivity contribution in [3.05, 3.63) is 186 Å². The Morgan fingerprint density at radius 2 is 0.821 bits per heavy atom. The fraction of sp³-hybridized carbons (Fsp3) is 0. The zero-order valence-corrected chi connectivity index (χ0v) is 28.6. The maximum Gasteiger partial charge on any atom is 0.336 e. The Balaban J connectivity index is 1.15. The van der Waals surface area contributed by atoms with Crippen molar-refractivity contribution in [2.75, 3.05) is 10.6 Å². The number of nitrogens with one attached hydrogen (secondary N) is 2. The van der Waals surface area contributed by atoms with Gasteiger partial charge in [-0.25, -0.2) is 9.59 Å². The van der Waals surface area contributed by atoms with Crippen LogP contribution in [-0.4, -0.2) is 55.4 Å². The molecule has 0 spiro atoms. The largest absolute Gasteiger partial charge is 0.478 e. The number of nitro groups is 2. The Labute approximate surface area is 315 Å². The van der Waals surface area contributed by atoms with Crippen LogP contribution in [0.5, 0.6) is 0 Å². The van der Waals surface area contributed by atoms with Gasteiger partial charge in [-0.15, -0.1) is 0 Å². The van der Waals surface area contributed by atoms with E-state index in [4.69, 9.17) is 0 Å². The number of hydrogen-bond acceptors (Lipinski definition) is 10. The summed E-state index contributed by atoms with van der Waals surface area (Å²) in [7, 11) is 0. The maximum absolute atomic E-state index is 12.8. The summed E-state index contributed by atoms with van der Waals surface area (Å²) in [5.74, 6) is -5.35. The van der Waals surface area contributed by atoms with Crippen molar-refractivity contribution >= 4 is 70.2 Å². The molecule has 16 heteroatoms. The highest BCUT2D eigenvalue weighted by molar-refractivity contribution is 6.13. The summed E-state index contributed by atoms with van der Waals surface area (Å²) in [6, 6.07) is 24.0. The number of carboxylic acids is 2. The van der Waals surface area contributed by atoms with Gasteiger partial charge in [0.2, 0.25) is 0 Å². The number of carbonyl (C=O) groups is 6. The van der Waals surface area contributed by atoms with E-state index in [1.807, 2.05) is 0 Å². The molecule has 5 aromatic carbocycles. The fourth-order valence-electron chi connectivity index (χ4n) is 5.13. The van der Waals surface area contributed by atoms with Crippen LogP contribution in [0.15, 0.2) is 121 Å². The standard InChI is InChI=1S/C40H26N4O12/c45-35(25-7-11-27(12-8-25)41-37(47)33-21-29(43(53)54)15-17-31(33)39(49)50)19-5-23-1-2-24(4-3-23)6-20-36(46)26-9-13-28(14-10-26)42-38(48)34-22-30(44(55)56)16-18-32(34)40(51)52/h1-22H,(H,41,47)(H,42,48)(H,49,50)(H,51,52). The van der Waals surface area contributed by atoms with Crippen LogP contribution in [0.3, 0.4) is 0 Å². The Morgan fingerprint density at radius 3 is 1.12 bits per heavy atom. The first-order valence-corrected chi connectivity index (χ1v) is 16.1. The van der Waals surface area contributed by atoms with Crippen LogP contribution in [0.4, 0.5) is 22.7 Å². The van der Waals surface area contributed by atoms with Crippen molar-refractivity contribution in [2.45, 2.75) is 0 Å². The molecule has 56 heavy (non-hydrogen) atoms. The first kappa shape index (κ1) is 38.8. The summed E-state index contributed by atoms with van der Waals surface area (Å²) in [4.78, 5) is 94.8. The van der Waals surface area contributed by atoms with E-state index in [2.05, 4.69) is 10.6 Å². The minimum Gasteiger partial charge on any atom is -0.478 e. The summed E-state index contributed by atoms with van der Waals surface area (Å²) < 4.78 is 0. The van der Waals surface area contributed by atoms with E-state index in [0.29, 0.717) is 11.1 Å². The van der Waals surface area contributed by atoms with Gasteiger partial charge in [-0.1, -0.05) is 36.4 Å². The highest BCUT2D eigenvalue weighted by Crippen LogP contribution is 2.22. The molecule has 0 aromatic heterocycles. The predicted molar refractivity (Wildman–Crippen MR) is 202 cm³/mol. The van der Waals surface area contributed by atoms with Gasteiger partial charge in [0.15, 0.2) is 11.6 Å². The second-order valence-electron chi connectivity index (χ2n) is 11.7. The molecule has 0 heterocycles. The third-order valence-corrected chi connectivity index (χ3v) is 8.02. The molecule has 4 N–H and O–H groups in total. The molecule has 0 unspecified atom stereocenters. The summed E-state index contributed by atoms with van der Waals surface area (Å²) in [5, 5.41) is 45.9. The number of aromatic carboxylic acids is 2. The zero-order chi connectivity index (χ0) is 40.5. The van der Waals surface area contributed by atoms with Gasteiger partial charge in [0.05, 0.1) is 32.1 Å². The van der Waals surface area contributed by atoms with Crippen LogP contribution in [0, 0.1) is 20.2 Å². The SMILES string of the molecule is O=C(C=Cc1ccc(C=CC(=O)c2ccc(NC(=O)c3cc([N+](=O)[O-])ccc3C(=O)O)cc2)cc1)c1ccc(NC(=O)c2cc([N+](=O)[O-])ccc2C(=O)O)cc1. The van der Waals surface area contributed by atoms with Crippen molar-refractivity contribution in [2.24, 2.45) is 0 Å². The molecule has 0 aliphatic heterocycles. The predicted octanol–water partition coefficient (Wildman–Crippen LogP) is 7.20. The van der Waals surface area contributed by atoms with Gasteiger partial charge in [-0.05, 0) is 83.9 Å². The van der Waals surface area contributed by atoms with E-state index < -0.39 is 67.2 Å². The van der Waals surface area contributed by atoms with Crippen LogP contribution in [0.25, 0.3) is 12.2 Å². The minimum absolute atomic E-state index is 0.221. The first-order chi connectivity index (χ1) is 26.7. The lowest BCUT2D eigenvalue weighted by Gasteiger charge is -2.08. The molecule has 2 amide bonds. The quantitative estimate of drug-likeness (QED) is 0.0380. The summed E-state index contributed by atoms with van der Waals surface area (Å²) in [6.07, 6.45) is 5.83. The number of benzene rings is 5. The summed E-state index contributed by atoms with van der Waals surface area (Å²) >= 11 is 0. The first-order valence-electron chi connectivity index (χ1n) is 16.1. The molecule has 0 bridgehead atoms. The number of carbonyl (C=O) groups excluding carboxylic acids is 4. The number of amides is 2. The van der Waals surface area contributed by atoms with Crippen LogP contribution < -0.4 is 10.6 Å². The molecular formula is C40H26N4O12. The molecule has 16 nitrogen and oxygen atoms in total. The molecule has 0 aliphatic carbocycles. The Bertz CT molecular complexity index is 2310.